The van der Waals surface area contributed by atoms with Crippen LogP contribution in [0.3, 0.4) is 0 Å². The van der Waals surface area contributed by atoms with Gasteiger partial charge in [0.25, 0.3) is 0 Å². The summed E-state index contributed by atoms with van der Waals surface area (Å²) in [6.07, 6.45) is 1.75. The van der Waals surface area contributed by atoms with E-state index < -0.39 is 21.6 Å². The SMILES string of the molecule is Cc1ccc(S(=O)(=O)OC(=O)C2(N)CCC2)cc1. The predicted molar refractivity (Wildman–Crippen MR) is 65.2 cm³/mol. The highest BCUT2D eigenvalue weighted by Gasteiger charge is 2.43. The van der Waals surface area contributed by atoms with Crippen LogP contribution >= 0.6 is 0 Å². The standard InChI is InChI=1S/C12H15NO4S/c1-9-3-5-10(6-4-9)18(15,16)17-11(14)12(13)7-2-8-12/h3-6H,2,7-8,13H2,1H3. The molecule has 0 unspecified atom stereocenters. The summed E-state index contributed by atoms with van der Waals surface area (Å²) in [5.74, 6) is -0.866. The number of aryl methyl sites for hydroxylation is 1. The van der Waals surface area contributed by atoms with Gasteiger partial charge in [0.15, 0.2) is 0 Å². The molecule has 1 saturated carbocycles. The number of carbonyl (C=O) groups is 1. The summed E-state index contributed by atoms with van der Waals surface area (Å²) in [5, 5.41) is 0. The smallest absolute Gasteiger partial charge is 0.340 e. The fourth-order valence-corrected chi connectivity index (χ4v) is 2.63. The Morgan fingerprint density at radius 1 is 1.28 bits per heavy atom. The molecule has 1 aliphatic rings. The van der Waals surface area contributed by atoms with E-state index in [0.717, 1.165) is 12.0 Å². The van der Waals surface area contributed by atoms with E-state index in [1.807, 2.05) is 6.92 Å². The van der Waals surface area contributed by atoms with Gasteiger partial charge < -0.3 is 9.92 Å². The molecule has 18 heavy (non-hydrogen) atoms. The molecular formula is C12H15NO4S. The van der Waals surface area contributed by atoms with Gasteiger partial charge in [0, 0.05) is 0 Å². The van der Waals surface area contributed by atoms with Crippen molar-refractivity contribution in [3.05, 3.63) is 29.8 Å². The molecule has 0 atom stereocenters. The monoisotopic (exact) mass is 269 g/mol. The van der Waals surface area contributed by atoms with Gasteiger partial charge in [-0.25, -0.2) is 4.79 Å². The second-order valence-electron chi connectivity index (χ2n) is 4.65. The minimum absolute atomic E-state index is 0.0376. The van der Waals surface area contributed by atoms with Gasteiger partial charge in [0.05, 0.1) is 0 Å². The number of nitrogens with two attached hydrogens (primary N) is 1. The topological polar surface area (TPSA) is 86.5 Å². The zero-order chi connectivity index (χ0) is 13.4. The van der Waals surface area contributed by atoms with E-state index in [2.05, 4.69) is 4.18 Å². The highest BCUT2D eigenvalue weighted by molar-refractivity contribution is 7.87. The summed E-state index contributed by atoms with van der Waals surface area (Å²) in [5.41, 5.74) is 5.52. The fourth-order valence-electron chi connectivity index (χ4n) is 1.70. The molecular weight excluding hydrogens is 254 g/mol. The van der Waals surface area contributed by atoms with Gasteiger partial charge in [-0.15, -0.1) is 0 Å². The predicted octanol–water partition coefficient (Wildman–Crippen LogP) is 1.11. The summed E-state index contributed by atoms with van der Waals surface area (Å²) >= 11 is 0. The average Bonchev–Trinajstić information content (AvgIpc) is 2.25. The van der Waals surface area contributed by atoms with Crippen LogP contribution in [-0.4, -0.2) is 19.9 Å². The van der Waals surface area contributed by atoms with Gasteiger partial charge in [-0.3, -0.25) is 0 Å². The maximum absolute atomic E-state index is 11.8. The first-order valence-corrected chi connectivity index (χ1v) is 7.09. The van der Waals surface area contributed by atoms with Crippen LogP contribution in [0.1, 0.15) is 24.8 Å². The number of hydrogen-bond donors (Lipinski definition) is 1. The lowest BCUT2D eigenvalue weighted by atomic mass is 9.78. The molecule has 1 aliphatic carbocycles. The Bertz CT molecular complexity index is 558. The first kappa shape index (κ1) is 13.0. The molecule has 98 valence electrons. The summed E-state index contributed by atoms with van der Waals surface area (Å²) in [6, 6.07) is 6.09. The van der Waals surface area contributed by atoms with Crippen molar-refractivity contribution >= 4 is 16.1 Å². The summed E-state index contributed by atoms with van der Waals surface area (Å²) in [7, 11) is -4.07. The molecule has 2 rings (SSSR count). The average molecular weight is 269 g/mol. The Kier molecular flexibility index (Phi) is 3.16. The maximum Gasteiger partial charge on any atom is 0.342 e. The third kappa shape index (κ3) is 2.39. The summed E-state index contributed by atoms with van der Waals surface area (Å²) in [4.78, 5) is 11.6. The van der Waals surface area contributed by atoms with Gasteiger partial charge in [0.2, 0.25) is 0 Å². The normalized spacial score (nSPS) is 17.9. The van der Waals surface area contributed by atoms with Crippen LogP contribution in [0.4, 0.5) is 0 Å². The van der Waals surface area contributed by atoms with E-state index >= 15 is 0 Å². The third-order valence-electron chi connectivity index (χ3n) is 3.15. The van der Waals surface area contributed by atoms with Crippen molar-refractivity contribution in [1.29, 1.82) is 0 Å². The maximum atomic E-state index is 11.8. The van der Waals surface area contributed by atoms with E-state index in [0.29, 0.717) is 12.8 Å². The molecule has 6 heteroatoms. The Morgan fingerprint density at radius 3 is 2.28 bits per heavy atom. The van der Waals surface area contributed by atoms with E-state index in [1.165, 1.54) is 12.1 Å². The molecule has 0 saturated heterocycles. The van der Waals surface area contributed by atoms with Crippen LogP contribution < -0.4 is 5.73 Å². The quantitative estimate of drug-likeness (QED) is 0.831. The Hall–Kier alpha value is -1.40. The van der Waals surface area contributed by atoms with Crippen LogP contribution in [0.2, 0.25) is 0 Å². The number of carbonyl (C=O) groups excluding carboxylic acids is 1. The summed E-state index contributed by atoms with van der Waals surface area (Å²) in [6.45, 7) is 1.84. The molecule has 0 aromatic heterocycles. The van der Waals surface area contributed by atoms with Crippen LogP contribution in [0.5, 0.6) is 0 Å². The van der Waals surface area contributed by atoms with Gasteiger partial charge >= 0.3 is 16.1 Å². The minimum atomic E-state index is -4.07. The van der Waals surface area contributed by atoms with E-state index in [9.17, 15) is 13.2 Å². The van der Waals surface area contributed by atoms with Crippen LogP contribution in [0.25, 0.3) is 0 Å². The molecule has 0 aliphatic heterocycles. The highest BCUT2D eigenvalue weighted by Crippen LogP contribution is 2.31. The van der Waals surface area contributed by atoms with Crippen molar-refractivity contribution in [2.24, 2.45) is 5.73 Å². The third-order valence-corrected chi connectivity index (χ3v) is 4.37. The van der Waals surface area contributed by atoms with Crippen LogP contribution in [0, 0.1) is 6.92 Å². The molecule has 0 amide bonds. The minimum Gasteiger partial charge on any atom is -0.340 e. The molecule has 1 fully saturated rings. The van der Waals surface area contributed by atoms with Gasteiger partial charge in [-0.1, -0.05) is 17.7 Å². The second-order valence-corrected chi connectivity index (χ2v) is 6.19. The van der Waals surface area contributed by atoms with Crippen molar-refractivity contribution in [2.75, 3.05) is 0 Å². The van der Waals surface area contributed by atoms with Crippen LogP contribution in [-0.2, 0) is 19.1 Å². The van der Waals surface area contributed by atoms with Crippen molar-refractivity contribution in [1.82, 2.24) is 0 Å². The Labute approximate surface area is 106 Å². The van der Waals surface area contributed by atoms with E-state index in [4.69, 9.17) is 5.73 Å². The van der Waals surface area contributed by atoms with Crippen molar-refractivity contribution in [3.8, 4) is 0 Å². The second kappa shape index (κ2) is 4.37. The van der Waals surface area contributed by atoms with Gasteiger partial charge in [0.1, 0.15) is 10.4 Å². The van der Waals surface area contributed by atoms with Gasteiger partial charge in [-0.2, -0.15) is 8.42 Å². The van der Waals surface area contributed by atoms with Crippen molar-refractivity contribution < 1.29 is 17.4 Å². The molecule has 0 heterocycles. The highest BCUT2D eigenvalue weighted by atomic mass is 32.2. The molecule has 2 N–H and O–H groups in total. The number of rotatable bonds is 3. The van der Waals surface area contributed by atoms with Crippen molar-refractivity contribution in [3.63, 3.8) is 0 Å². The zero-order valence-corrected chi connectivity index (χ0v) is 10.9. The molecule has 0 bridgehead atoms. The molecule has 0 spiro atoms. The Balaban J connectivity index is 2.17. The van der Waals surface area contributed by atoms with Crippen LogP contribution in [0.15, 0.2) is 29.2 Å². The molecule has 5 nitrogen and oxygen atoms in total. The molecule has 1 aromatic rings. The summed E-state index contributed by atoms with van der Waals surface area (Å²) < 4.78 is 28.3. The lowest BCUT2D eigenvalue weighted by molar-refractivity contribution is -0.143. The zero-order valence-electron chi connectivity index (χ0n) is 10.0. The van der Waals surface area contributed by atoms with Gasteiger partial charge in [-0.05, 0) is 38.3 Å². The number of benzene rings is 1. The first-order chi connectivity index (χ1) is 8.33. The lowest BCUT2D eigenvalue weighted by Crippen LogP contribution is -2.54. The lowest BCUT2D eigenvalue weighted by Gasteiger charge is -2.34. The van der Waals surface area contributed by atoms with E-state index in [-0.39, 0.29) is 4.90 Å². The molecule has 0 radical (unpaired) electrons. The largest absolute Gasteiger partial charge is 0.342 e. The first-order valence-electron chi connectivity index (χ1n) is 5.68. The number of hydrogen-bond acceptors (Lipinski definition) is 5. The van der Waals surface area contributed by atoms with Crippen molar-refractivity contribution in [2.45, 2.75) is 36.6 Å². The van der Waals surface area contributed by atoms with E-state index in [1.54, 1.807) is 12.1 Å². The molecule has 1 aromatic carbocycles. The fraction of sp³-hybridized carbons (Fsp3) is 0.417. The Morgan fingerprint density at radius 2 is 1.83 bits per heavy atom.